The Bertz CT molecular complexity index is 269. The number of nitrogens with one attached hydrogen (secondary N) is 1. The molecule has 0 saturated carbocycles. The van der Waals surface area contributed by atoms with Crippen molar-refractivity contribution in [1.82, 2.24) is 10.2 Å². The van der Waals surface area contributed by atoms with Crippen LogP contribution in [0.5, 0.6) is 0 Å². The molecule has 0 aromatic carbocycles. The molecule has 6 heteroatoms. The number of hydrogen-bond acceptors (Lipinski definition) is 3. The van der Waals surface area contributed by atoms with Crippen LogP contribution in [0, 0.1) is 0 Å². The second-order valence-electron chi connectivity index (χ2n) is 4.48. The number of ether oxygens (including phenoxy) is 1. The summed E-state index contributed by atoms with van der Waals surface area (Å²) in [5.74, 6) is -1.02. The summed E-state index contributed by atoms with van der Waals surface area (Å²) in [6.07, 6.45) is 1.91. The number of carboxylic acids is 1. The molecule has 0 aliphatic carbocycles. The molecule has 1 atom stereocenters. The molecule has 0 saturated heterocycles. The van der Waals surface area contributed by atoms with Crippen molar-refractivity contribution < 1.29 is 19.4 Å². The van der Waals surface area contributed by atoms with Gasteiger partial charge in [0.15, 0.2) is 0 Å². The zero-order valence-electron chi connectivity index (χ0n) is 11.6. The van der Waals surface area contributed by atoms with Crippen LogP contribution >= 0.6 is 0 Å². The molecule has 2 amide bonds. The lowest BCUT2D eigenvalue weighted by molar-refractivity contribution is -0.141. The van der Waals surface area contributed by atoms with E-state index in [1.807, 2.05) is 13.8 Å². The summed E-state index contributed by atoms with van der Waals surface area (Å²) in [4.78, 5) is 23.4. The van der Waals surface area contributed by atoms with E-state index in [1.165, 1.54) is 18.9 Å². The molecule has 0 aromatic heterocycles. The maximum atomic E-state index is 11.6. The Balaban J connectivity index is 3.67. The van der Waals surface area contributed by atoms with E-state index in [1.54, 1.807) is 0 Å². The summed E-state index contributed by atoms with van der Waals surface area (Å²) in [7, 11) is 1.47. The van der Waals surface area contributed by atoms with Crippen molar-refractivity contribution in [3.63, 3.8) is 0 Å². The highest BCUT2D eigenvalue weighted by molar-refractivity contribution is 5.82. The van der Waals surface area contributed by atoms with Gasteiger partial charge in [0.2, 0.25) is 0 Å². The minimum absolute atomic E-state index is 0.224. The maximum Gasteiger partial charge on any atom is 0.326 e. The molecule has 0 rings (SSSR count). The van der Waals surface area contributed by atoms with Crippen LogP contribution in [0.25, 0.3) is 0 Å². The number of likely N-dealkylation sites (N-methyl/N-ethyl adjacent to an activating group) is 1. The van der Waals surface area contributed by atoms with Crippen LogP contribution in [0.1, 0.15) is 33.6 Å². The average molecular weight is 260 g/mol. The fourth-order valence-corrected chi connectivity index (χ4v) is 1.21. The predicted molar refractivity (Wildman–Crippen MR) is 68.6 cm³/mol. The van der Waals surface area contributed by atoms with Crippen LogP contribution in [0.4, 0.5) is 4.79 Å². The van der Waals surface area contributed by atoms with Gasteiger partial charge in [0.05, 0.1) is 6.10 Å². The third-order valence-corrected chi connectivity index (χ3v) is 2.56. The van der Waals surface area contributed by atoms with Gasteiger partial charge in [-0.15, -0.1) is 0 Å². The number of carboxylic acid groups (broad SMARTS) is 1. The van der Waals surface area contributed by atoms with E-state index in [0.717, 1.165) is 12.8 Å². The minimum atomic E-state index is -1.02. The summed E-state index contributed by atoms with van der Waals surface area (Å²) in [6, 6.07) is -1.19. The van der Waals surface area contributed by atoms with Crippen molar-refractivity contribution in [3.05, 3.63) is 0 Å². The molecule has 1 unspecified atom stereocenters. The van der Waals surface area contributed by atoms with Crippen molar-refractivity contribution in [2.24, 2.45) is 0 Å². The second-order valence-corrected chi connectivity index (χ2v) is 4.48. The van der Waals surface area contributed by atoms with E-state index in [0.29, 0.717) is 13.2 Å². The molecule has 0 bridgehead atoms. The van der Waals surface area contributed by atoms with E-state index in [-0.39, 0.29) is 12.1 Å². The summed E-state index contributed by atoms with van der Waals surface area (Å²) < 4.78 is 5.37. The highest BCUT2D eigenvalue weighted by Crippen LogP contribution is 1.97. The van der Waals surface area contributed by atoms with Crippen molar-refractivity contribution in [3.8, 4) is 0 Å². The van der Waals surface area contributed by atoms with Gasteiger partial charge in [-0.2, -0.15) is 0 Å². The van der Waals surface area contributed by atoms with Crippen molar-refractivity contribution >= 4 is 12.0 Å². The van der Waals surface area contributed by atoms with Crippen molar-refractivity contribution in [2.45, 2.75) is 45.8 Å². The first-order chi connectivity index (χ1) is 8.36. The van der Waals surface area contributed by atoms with E-state index < -0.39 is 12.0 Å². The molecule has 0 aliphatic rings. The normalized spacial score (nSPS) is 12.3. The highest BCUT2D eigenvalue weighted by Gasteiger charge is 2.20. The van der Waals surface area contributed by atoms with Gasteiger partial charge in [-0.25, -0.2) is 9.59 Å². The molecule has 106 valence electrons. The Hall–Kier alpha value is -1.30. The van der Waals surface area contributed by atoms with Gasteiger partial charge < -0.3 is 20.1 Å². The van der Waals surface area contributed by atoms with Crippen LogP contribution in [0.3, 0.4) is 0 Å². The quantitative estimate of drug-likeness (QED) is 0.645. The third-order valence-electron chi connectivity index (χ3n) is 2.56. The van der Waals surface area contributed by atoms with Gasteiger partial charge >= 0.3 is 12.0 Å². The largest absolute Gasteiger partial charge is 0.480 e. The van der Waals surface area contributed by atoms with E-state index in [2.05, 4.69) is 5.32 Å². The highest BCUT2D eigenvalue weighted by atomic mass is 16.5. The Morgan fingerprint density at radius 1 is 1.28 bits per heavy atom. The van der Waals surface area contributed by atoms with E-state index >= 15 is 0 Å². The summed E-state index contributed by atoms with van der Waals surface area (Å²) >= 11 is 0. The predicted octanol–water partition coefficient (Wildman–Crippen LogP) is 1.31. The monoisotopic (exact) mass is 260 g/mol. The standard InChI is InChI=1S/C12H24N2O4/c1-9(2)18-8-6-5-7-13-12(17)14(4)10(3)11(15)16/h9-10H,5-8H2,1-4H3,(H,13,17)(H,15,16). The first kappa shape index (κ1) is 16.7. The molecule has 0 aliphatic heterocycles. The van der Waals surface area contributed by atoms with Gasteiger partial charge in [-0.1, -0.05) is 0 Å². The van der Waals surface area contributed by atoms with Gasteiger partial charge in [0.1, 0.15) is 6.04 Å². The maximum absolute atomic E-state index is 11.6. The lowest BCUT2D eigenvalue weighted by Gasteiger charge is -2.21. The van der Waals surface area contributed by atoms with Crippen LogP contribution in [-0.4, -0.2) is 54.4 Å². The SMILES string of the molecule is CC(C)OCCCCNC(=O)N(C)C(C)C(=O)O. The van der Waals surface area contributed by atoms with Crippen molar-refractivity contribution in [2.75, 3.05) is 20.2 Å². The number of unbranched alkanes of at least 4 members (excludes halogenated alkanes) is 1. The number of rotatable bonds is 8. The van der Waals surface area contributed by atoms with E-state index in [9.17, 15) is 9.59 Å². The Morgan fingerprint density at radius 2 is 1.89 bits per heavy atom. The molecule has 0 aromatic rings. The summed E-state index contributed by atoms with van der Waals surface area (Å²) in [6.45, 7) is 6.62. The number of hydrogen-bond donors (Lipinski definition) is 2. The Kier molecular flexibility index (Phi) is 8.11. The smallest absolute Gasteiger partial charge is 0.326 e. The Morgan fingerprint density at radius 3 is 2.39 bits per heavy atom. The van der Waals surface area contributed by atoms with Gasteiger partial charge in [-0.05, 0) is 33.6 Å². The summed E-state index contributed by atoms with van der Waals surface area (Å²) in [5, 5.41) is 11.4. The molecule has 0 heterocycles. The molecule has 0 radical (unpaired) electrons. The van der Waals surface area contributed by atoms with Gasteiger partial charge in [-0.3, -0.25) is 0 Å². The number of carbonyl (C=O) groups is 2. The fraction of sp³-hybridized carbons (Fsp3) is 0.833. The van der Waals surface area contributed by atoms with Crippen LogP contribution in [0.2, 0.25) is 0 Å². The number of nitrogens with zero attached hydrogens (tertiary/aromatic N) is 1. The lowest BCUT2D eigenvalue weighted by Crippen LogP contribution is -2.45. The average Bonchev–Trinajstić information content (AvgIpc) is 2.30. The Labute approximate surface area is 108 Å². The number of amides is 2. The zero-order valence-corrected chi connectivity index (χ0v) is 11.6. The van der Waals surface area contributed by atoms with Crippen LogP contribution in [-0.2, 0) is 9.53 Å². The number of urea groups is 1. The summed E-state index contributed by atoms with van der Waals surface area (Å²) in [5.41, 5.74) is 0. The van der Waals surface area contributed by atoms with E-state index in [4.69, 9.17) is 9.84 Å². The second kappa shape index (κ2) is 8.74. The molecule has 0 spiro atoms. The molecule has 18 heavy (non-hydrogen) atoms. The lowest BCUT2D eigenvalue weighted by atomic mass is 10.3. The fourth-order valence-electron chi connectivity index (χ4n) is 1.21. The number of carbonyl (C=O) groups excluding carboxylic acids is 1. The topological polar surface area (TPSA) is 78.9 Å². The number of aliphatic carboxylic acids is 1. The van der Waals surface area contributed by atoms with Crippen LogP contribution < -0.4 is 5.32 Å². The first-order valence-electron chi connectivity index (χ1n) is 6.21. The molecular weight excluding hydrogens is 236 g/mol. The van der Waals surface area contributed by atoms with Crippen molar-refractivity contribution in [1.29, 1.82) is 0 Å². The van der Waals surface area contributed by atoms with Crippen LogP contribution in [0.15, 0.2) is 0 Å². The zero-order chi connectivity index (χ0) is 14.1. The van der Waals surface area contributed by atoms with Gasteiger partial charge in [0, 0.05) is 20.2 Å². The first-order valence-corrected chi connectivity index (χ1v) is 6.21. The molecule has 6 nitrogen and oxygen atoms in total. The molecule has 2 N–H and O–H groups in total. The molecule has 0 fully saturated rings. The minimum Gasteiger partial charge on any atom is -0.480 e. The molecular formula is C12H24N2O4. The third kappa shape index (κ3) is 7.11. The van der Waals surface area contributed by atoms with Gasteiger partial charge in [0.25, 0.3) is 0 Å².